The zero-order valence-corrected chi connectivity index (χ0v) is 15.7. The second kappa shape index (κ2) is 27.0. The van der Waals surface area contributed by atoms with Crippen molar-refractivity contribution in [3.63, 3.8) is 0 Å². The molecule has 0 atom stereocenters. The van der Waals surface area contributed by atoms with E-state index < -0.39 is 0 Å². The molecule has 1 saturated carbocycles. The van der Waals surface area contributed by atoms with Crippen LogP contribution in [0.3, 0.4) is 0 Å². The molecule has 0 aromatic rings. The molecule has 0 aliphatic heterocycles. The predicted molar refractivity (Wildman–Crippen MR) is 81.6 cm³/mol. The Kier molecular flexibility index (Phi) is 45.2. The maximum atomic E-state index is 8.06. The van der Waals surface area contributed by atoms with Crippen LogP contribution in [0, 0.1) is 7.43 Å². The first kappa shape index (κ1) is 31.8. The van der Waals surface area contributed by atoms with E-state index in [4.69, 9.17) is 15.3 Å². The molecule has 3 N–H and O–H groups in total. The van der Waals surface area contributed by atoms with Gasteiger partial charge in [-0.3, -0.25) is 0 Å². The van der Waals surface area contributed by atoms with E-state index in [0.29, 0.717) is 0 Å². The average molecular weight is 313 g/mol. The van der Waals surface area contributed by atoms with Crippen molar-refractivity contribution in [2.45, 2.75) is 92.0 Å². The summed E-state index contributed by atoms with van der Waals surface area (Å²) in [6.07, 6.45) is 7.00. The molecule has 120 valence electrons. The minimum absolute atomic E-state index is 0. The Hall–Kier alpha value is 0.594. The largest absolute Gasteiger partial charge is 0.394 e. The third kappa shape index (κ3) is 164. The Morgan fingerprint density at radius 2 is 0.579 bits per heavy atom. The summed E-state index contributed by atoms with van der Waals surface area (Å²) in [4.78, 5) is 0. The maximum absolute atomic E-state index is 8.06. The molecule has 0 amide bonds. The monoisotopic (exact) mass is 313 g/mol. The van der Waals surface area contributed by atoms with Crippen LogP contribution in [-0.4, -0.2) is 33.6 Å². The first-order valence-corrected chi connectivity index (χ1v) is 6.74. The van der Waals surface area contributed by atoms with Crippen LogP contribution in [0.25, 0.3) is 0 Å². The van der Waals surface area contributed by atoms with Crippen molar-refractivity contribution in [2.75, 3.05) is 0 Å². The van der Waals surface area contributed by atoms with Crippen molar-refractivity contribution in [1.82, 2.24) is 0 Å². The van der Waals surface area contributed by atoms with Gasteiger partial charge in [0.25, 0.3) is 0 Å². The summed E-state index contributed by atoms with van der Waals surface area (Å²) in [5, 5.41) is 24.2. The van der Waals surface area contributed by atoms with E-state index in [1.807, 2.05) is 0 Å². The minimum Gasteiger partial charge on any atom is -0.394 e. The molecule has 3 nitrogen and oxygen atoms in total. The summed E-state index contributed by atoms with van der Waals surface area (Å²) in [5.74, 6) is 0. The van der Waals surface area contributed by atoms with Crippen molar-refractivity contribution >= 4 is 0 Å². The molecule has 0 aromatic carbocycles. The van der Waals surface area contributed by atoms with Gasteiger partial charge in [-0.25, -0.2) is 0 Å². The van der Waals surface area contributed by atoms with Gasteiger partial charge in [-0.1, -0.05) is 32.1 Å². The zero-order valence-electron chi connectivity index (χ0n) is 14.1. The standard InChI is InChI=1S/C5H10.3C3H8O.CH3.Ti/c1-2-4-5-3-1;3*1-3(2)4;;/h1-5H2;3*3-4H,1-2H3;1H3;/q;;;;-1;. The smallest absolute Gasteiger partial charge is 0.0483 e. The van der Waals surface area contributed by atoms with E-state index in [2.05, 4.69) is 0 Å². The van der Waals surface area contributed by atoms with Gasteiger partial charge in [-0.2, -0.15) is 0 Å². The Morgan fingerprint density at radius 1 is 0.526 bits per heavy atom. The molecule has 19 heavy (non-hydrogen) atoms. The van der Waals surface area contributed by atoms with Crippen LogP contribution in [0.2, 0.25) is 0 Å². The van der Waals surface area contributed by atoms with Gasteiger partial charge in [-0.05, 0) is 41.5 Å². The van der Waals surface area contributed by atoms with E-state index in [1.165, 1.54) is 32.1 Å². The Morgan fingerprint density at radius 3 is 0.632 bits per heavy atom. The van der Waals surface area contributed by atoms with E-state index in [-0.39, 0.29) is 47.5 Å². The van der Waals surface area contributed by atoms with Crippen LogP contribution in [0.5, 0.6) is 0 Å². The topological polar surface area (TPSA) is 60.7 Å². The molecule has 0 spiro atoms. The summed E-state index contributed by atoms with van der Waals surface area (Å²) in [7, 11) is 0. The maximum Gasteiger partial charge on any atom is 0.0483 e. The van der Waals surface area contributed by atoms with Gasteiger partial charge >= 0.3 is 0 Å². The number of hydrogen-bond acceptors (Lipinski definition) is 3. The third-order valence-electron chi connectivity index (χ3n) is 1.25. The molecule has 0 unspecified atom stereocenters. The fourth-order valence-electron chi connectivity index (χ4n) is 0.884. The van der Waals surface area contributed by atoms with Crippen molar-refractivity contribution in [3.8, 4) is 0 Å². The molecular formula is C15H37O3Ti-. The van der Waals surface area contributed by atoms with Gasteiger partial charge in [0.2, 0.25) is 0 Å². The fraction of sp³-hybridized carbons (Fsp3) is 0.933. The quantitative estimate of drug-likeness (QED) is 0.473. The summed E-state index contributed by atoms with van der Waals surface area (Å²) in [6, 6.07) is 0. The second-order valence-corrected chi connectivity index (χ2v) is 5.05. The number of aliphatic hydroxyl groups is 3. The minimum atomic E-state index is -0.167. The molecule has 0 aromatic heterocycles. The first-order valence-electron chi connectivity index (χ1n) is 6.74. The van der Waals surface area contributed by atoms with E-state index in [0.717, 1.165) is 0 Å². The average Bonchev–Trinajstić information content (AvgIpc) is 2.53. The van der Waals surface area contributed by atoms with E-state index in [9.17, 15) is 0 Å². The molecule has 0 radical (unpaired) electrons. The van der Waals surface area contributed by atoms with Crippen LogP contribution in [0.1, 0.15) is 73.6 Å². The van der Waals surface area contributed by atoms with Crippen molar-refractivity contribution in [1.29, 1.82) is 0 Å². The summed E-state index contributed by atoms with van der Waals surface area (Å²) < 4.78 is 0. The normalized spacial score (nSPS) is 12.0. The third-order valence-corrected chi connectivity index (χ3v) is 1.25. The molecule has 0 saturated heterocycles. The fourth-order valence-corrected chi connectivity index (χ4v) is 0.884. The second-order valence-electron chi connectivity index (χ2n) is 5.05. The van der Waals surface area contributed by atoms with Gasteiger partial charge in [0.1, 0.15) is 0 Å². The number of hydrogen-bond donors (Lipinski definition) is 3. The molecule has 0 heterocycles. The first-order chi connectivity index (χ1) is 7.70. The molecule has 0 bridgehead atoms. The Labute approximate surface area is 136 Å². The SMILES string of the molecule is C1CCCC1.CC(C)O.CC(C)O.CC(C)O.[CH3-].[Ti]. The van der Waals surface area contributed by atoms with Crippen LogP contribution in [0.4, 0.5) is 0 Å². The van der Waals surface area contributed by atoms with Gasteiger partial charge in [0, 0.05) is 40.0 Å². The van der Waals surface area contributed by atoms with Gasteiger partial charge in [0.05, 0.1) is 0 Å². The van der Waals surface area contributed by atoms with Gasteiger partial charge in [-0.15, -0.1) is 0 Å². The summed E-state index contributed by atoms with van der Waals surface area (Å²) in [5.41, 5.74) is 0. The Balaban J connectivity index is -0.0000000447. The molecule has 1 fully saturated rings. The molecule has 4 heteroatoms. The van der Waals surface area contributed by atoms with Crippen molar-refractivity contribution < 1.29 is 37.0 Å². The van der Waals surface area contributed by atoms with Crippen LogP contribution >= 0.6 is 0 Å². The van der Waals surface area contributed by atoms with Crippen LogP contribution < -0.4 is 0 Å². The van der Waals surface area contributed by atoms with E-state index >= 15 is 0 Å². The number of aliphatic hydroxyl groups excluding tert-OH is 3. The van der Waals surface area contributed by atoms with E-state index in [1.54, 1.807) is 41.5 Å². The van der Waals surface area contributed by atoms with Crippen molar-refractivity contribution in [2.24, 2.45) is 0 Å². The molecule has 1 aliphatic rings. The molecular weight excluding hydrogens is 276 g/mol. The summed E-state index contributed by atoms with van der Waals surface area (Å²) in [6.45, 7) is 10.3. The molecule has 1 aliphatic carbocycles. The number of rotatable bonds is 0. The van der Waals surface area contributed by atoms with Gasteiger partial charge < -0.3 is 22.7 Å². The van der Waals surface area contributed by atoms with Gasteiger partial charge in [0.15, 0.2) is 0 Å². The zero-order chi connectivity index (χ0) is 14.3. The van der Waals surface area contributed by atoms with Crippen LogP contribution in [-0.2, 0) is 21.7 Å². The molecule has 1 rings (SSSR count). The predicted octanol–water partition coefficient (Wildman–Crippen LogP) is 3.56. The van der Waals surface area contributed by atoms with Crippen LogP contribution in [0.15, 0.2) is 0 Å². The summed E-state index contributed by atoms with van der Waals surface area (Å²) >= 11 is 0. The van der Waals surface area contributed by atoms with Crippen molar-refractivity contribution in [3.05, 3.63) is 7.43 Å². The Bertz CT molecular complexity index is 83.8.